The summed E-state index contributed by atoms with van der Waals surface area (Å²) in [5.74, 6) is -1.14. The number of para-hydroxylation sites is 2. The topological polar surface area (TPSA) is 67.5 Å². The first-order valence-electron chi connectivity index (χ1n) is 16.1. The molecule has 0 aliphatic heterocycles. The minimum absolute atomic E-state index is 0.146. The lowest BCUT2D eigenvalue weighted by molar-refractivity contribution is -0.172. The van der Waals surface area contributed by atoms with Crippen molar-refractivity contribution in [2.75, 3.05) is 33.8 Å². The average molecular weight is 499 g/mol. The number of nitrogens with one attached hydrogen (secondary N) is 1. The first-order valence-corrected chi connectivity index (χ1v) is 12.6. The maximum atomic E-state index is 13.0. The van der Waals surface area contributed by atoms with Crippen molar-refractivity contribution < 1.29 is 23.9 Å². The van der Waals surface area contributed by atoms with Crippen LogP contribution in [0.3, 0.4) is 0 Å². The number of aromatic nitrogens is 2. The molecule has 0 saturated heterocycles. The normalized spacial score (nSPS) is 25.7. The Bertz CT molecular complexity index is 1410. The van der Waals surface area contributed by atoms with E-state index >= 15 is 0 Å². The average Bonchev–Trinajstić information content (AvgIpc) is 3.32. The van der Waals surface area contributed by atoms with E-state index in [1.807, 2.05) is 51.1 Å². The maximum absolute atomic E-state index is 13.0. The predicted molar refractivity (Wildman–Crippen MR) is 144 cm³/mol. The lowest BCUT2D eigenvalue weighted by Crippen LogP contribution is -2.49. The van der Waals surface area contributed by atoms with Gasteiger partial charge in [-0.15, -0.1) is 0 Å². The summed E-state index contributed by atoms with van der Waals surface area (Å²) in [7, 11) is 1.32. The lowest BCUT2D eigenvalue weighted by Gasteiger charge is -2.47. The summed E-state index contributed by atoms with van der Waals surface area (Å²) in [6.07, 6.45) is -4.54. The van der Waals surface area contributed by atoms with Gasteiger partial charge < -0.3 is 19.4 Å². The molecule has 2 aromatic carbocycles. The van der Waals surface area contributed by atoms with Crippen molar-refractivity contribution in [1.29, 1.82) is 0 Å². The van der Waals surface area contributed by atoms with Gasteiger partial charge in [0.15, 0.2) is 0 Å². The summed E-state index contributed by atoms with van der Waals surface area (Å²) in [6, 6.07) is 12.9. The Labute approximate surface area is 225 Å². The number of rotatable bonds is 11. The number of carbonyl (C=O) groups is 1. The molecule has 0 amide bonds. The fourth-order valence-corrected chi connectivity index (χ4v) is 5.13. The molecular weight excluding hydrogens is 450 g/mol. The van der Waals surface area contributed by atoms with Crippen LogP contribution in [0.15, 0.2) is 42.5 Å². The Morgan fingerprint density at radius 3 is 2.89 bits per heavy atom. The minimum atomic E-state index is -2.71. The summed E-state index contributed by atoms with van der Waals surface area (Å²) in [5, 5.41) is 0. The van der Waals surface area contributed by atoms with Gasteiger partial charge in [0.25, 0.3) is 0 Å². The Kier molecular flexibility index (Phi) is 5.95. The molecule has 194 valence electrons. The molecule has 1 aliphatic rings. The van der Waals surface area contributed by atoms with Crippen LogP contribution in [-0.2, 0) is 27.1 Å². The number of H-pyrrole nitrogens is 1. The second-order valence-electron chi connectivity index (χ2n) is 9.90. The highest BCUT2D eigenvalue weighted by Gasteiger charge is 2.47. The van der Waals surface area contributed by atoms with Gasteiger partial charge in [0.2, 0.25) is 0 Å². The van der Waals surface area contributed by atoms with Gasteiger partial charge in [-0.05, 0) is 68.8 Å². The number of benzene rings is 2. The molecule has 6 nitrogen and oxygen atoms in total. The maximum Gasteiger partial charge on any atom is 0.332 e. The van der Waals surface area contributed by atoms with Crippen molar-refractivity contribution in [3.8, 4) is 0 Å². The minimum Gasteiger partial charge on any atom is -0.457 e. The monoisotopic (exact) mass is 498 g/mol. The first kappa shape index (κ1) is 18.5. The van der Waals surface area contributed by atoms with Gasteiger partial charge in [-0.1, -0.05) is 49.7 Å². The second kappa shape index (κ2) is 11.6. The summed E-state index contributed by atoms with van der Waals surface area (Å²) in [4.78, 5) is 22.1. The van der Waals surface area contributed by atoms with Crippen LogP contribution in [0.25, 0.3) is 11.0 Å². The molecule has 0 saturated carbocycles. The van der Waals surface area contributed by atoms with E-state index in [0.29, 0.717) is 18.4 Å². The molecule has 3 aromatic rings. The number of aryl methyl sites for hydroxylation is 3. The number of fused-ring (bicyclic) bond motifs is 2. The predicted octanol–water partition coefficient (Wildman–Crippen LogP) is 5.44. The van der Waals surface area contributed by atoms with E-state index in [1.54, 1.807) is 12.1 Å². The molecule has 1 heterocycles. The van der Waals surface area contributed by atoms with E-state index in [-0.39, 0.29) is 31.0 Å². The number of ether oxygens (including phenoxy) is 2. The third-order valence-electron chi connectivity index (χ3n) is 6.71. The Morgan fingerprint density at radius 2 is 2.14 bits per heavy atom. The van der Waals surface area contributed by atoms with Gasteiger partial charge >= 0.3 is 5.97 Å². The first-order chi connectivity index (χ1) is 20.0. The van der Waals surface area contributed by atoms with Crippen LogP contribution in [0, 0.1) is 12.8 Å². The zero-order chi connectivity index (χ0) is 31.8. The van der Waals surface area contributed by atoms with Gasteiger partial charge in [-0.25, -0.2) is 9.78 Å². The third kappa shape index (κ3) is 5.98. The number of methoxy groups -OCH3 is 1. The number of aromatic amines is 1. The van der Waals surface area contributed by atoms with E-state index in [2.05, 4.69) is 9.97 Å². The molecule has 0 spiro atoms. The highest BCUT2D eigenvalue weighted by atomic mass is 16.6. The van der Waals surface area contributed by atoms with Crippen LogP contribution in [-0.4, -0.2) is 60.2 Å². The molecule has 36 heavy (non-hydrogen) atoms. The van der Waals surface area contributed by atoms with E-state index in [4.69, 9.17) is 16.3 Å². The SMILES string of the molecule is [2H]C([2H])([2H])N(CCCc1nc2ccccc2[nH]1)CC[C@]1(OC(=O)COC)[C@@H](C(C)C)c2ccc(C)cc2C([2H])([2H])C1([2H])[2H]. The largest absolute Gasteiger partial charge is 0.457 e. The molecule has 0 unspecified atom stereocenters. The van der Waals surface area contributed by atoms with Crippen LogP contribution in [0.5, 0.6) is 0 Å². The zero-order valence-corrected chi connectivity index (χ0v) is 21.6. The van der Waals surface area contributed by atoms with E-state index < -0.39 is 43.8 Å². The van der Waals surface area contributed by atoms with Gasteiger partial charge in [0.05, 0.1) is 11.0 Å². The van der Waals surface area contributed by atoms with Crippen LogP contribution in [0.4, 0.5) is 0 Å². The fraction of sp³-hybridized carbons (Fsp3) is 0.533. The molecule has 0 radical (unpaired) electrons. The van der Waals surface area contributed by atoms with Gasteiger partial charge in [-0.2, -0.15) is 0 Å². The number of nitrogens with zero attached hydrogens (tertiary/aromatic N) is 2. The summed E-state index contributed by atoms with van der Waals surface area (Å²) in [6.45, 7) is 2.58. The van der Waals surface area contributed by atoms with Crippen LogP contribution in [0.2, 0.25) is 0 Å². The Morgan fingerprint density at radius 1 is 1.31 bits per heavy atom. The van der Waals surface area contributed by atoms with E-state index in [0.717, 1.165) is 22.4 Å². The summed E-state index contributed by atoms with van der Waals surface area (Å²) >= 11 is 0. The van der Waals surface area contributed by atoms with Crippen molar-refractivity contribution in [2.24, 2.45) is 5.92 Å². The quantitative estimate of drug-likeness (QED) is 0.357. The zero-order valence-electron chi connectivity index (χ0n) is 28.6. The molecule has 1 aliphatic carbocycles. The fourth-order valence-electron chi connectivity index (χ4n) is 5.13. The van der Waals surface area contributed by atoms with Gasteiger partial charge in [0.1, 0.15) is 18.0 Å². The number of esters is 1. The van der Waals surface area contributed by atoms with E-state index in [1.165, 1.54) is 12.0 Å². The van der Waals surface area contributed by atoms with E-state index in [9.17, 15) is 7.54 Å². The van der Waals surface area contributed by atoms with Crippen molar-refractivity contribution >= 4 is 17.0 Å². The van der Waals surface area contributed by atoms with Gasteiger partial charge in [-0.3, -0.25) is 0 Å². The smallest absolute Gasteiger partial charge is 0.332 e. The van der Waals surface area contributed by atoms with Crippen molar-refractivity contribution in [2.45, 2.75) is 64.3 Å². The molecule has 2 atom stereocenters. The number of carbonyl (C=O) groups excluding carboxylic acids is 1. The van der Waals surface area contributed by atoms with Crippen LogP contribution in [0.1, 0.15) is 71.1 Å². The molecule has 4 rings (SSSR count). The molecule has 0 bridgehead atoms. The summed E-state index contributed by atoms with van der Waals surface area (Å²) in [5.41, 5.74) is 1.25. The van der Waals surface area contributed by atoms with Crippen molar-refractivity contribution in [3.05, 3.63) is 65.0 Å². The van der Waals surface area contributed by atoms with Crippen LogP contribution >= 0.6 is 0 Å². The highest BCUT2D eigenvalue weighted by Crippen LogP contribution is 2.48. The Balaban J connectivity index is 1.69. The summed E-state index contributed by atoms with van der Waals surface area (Å²) < 4.78 is 72.4. The van der Waals surface area contributed by atoms with Crippen molar-refractivity contribution in [3.63, 3.8) is 0 Å². The van der Waals surface area contributed by atoms with Crippen molar-refractivity contribution in [1.82, 2.24) is 14.9 Å². The third-order valence-corrected chi connectivity index (χ3v) is 6.71. The standard InChI is InChI=1S/C30H41N3O3/c1-21(2)29-24-13-12-22(3)19-23(24)14-15-30(29,36-28(34)20-35-5)16-18-33(4)17-8-11-27-31-25-9-6-7-10-26(25)32-27/h6-7,9-10,12-13,19,21,29H,8,11,14-18,20H2,1-5H3,(H,31,32)/t29-,30-/m0/s1/i4D3,14D2,15D2. The highest BCUT2D eigenvalue weighted by molar-refractivity contribution is 5.74. The molecule has 1 N–H and O–H groups in total. The molecule has 6 heteroatoms. The number of hydrogen-bond acceptors (Lipinski definition) is 5. The number of hydrogen-bond donors (Lipinski definition) is 1. The molecular formula is C30H41N3O3. The lowest BCUT2D eigenvalue weighted by atomic mass is 9.65. The Hall–Kier alpha value is -2.70. The van der Waals surface area contributed by atoms with Crippen LogP contribution < -0.4 is 0 Å². The molecule has 1 aromatic heterocycles. The van der Waals surface area contributed by atoms with Gasteiger partial charge in [0, 0.05) is 42.0 Å². The molecule has 0 fully saturated rings. The number of imidazole rings is 1. The second-order valence-corrected chi connectivity index (χ2v) is 9.90.